The summed E-state index contributed by atoms with van der Waals surface area (Å²) in [7, 11) is 0. The Hall–Kier alpha value is -2.17. The fraction of sp³-hybridized carbons (Fsp3) is 0.318. The van der Waals surface area contributed by atoms with Gasteiger partial charge in [0.1, 0.15) is 11.9 Å². The minimum absolute atomic E-state index is 0.0367. The lowest BCUT2D eigenvalue weighted by Gasteiger charge is -2.37. The van der Waals surface area contributed by atoms with Crippen LogP contribution in [0.1, 0.15) is 30.4 Å². The highest BCUT2D eigenvalue weighted by Crippen LogP contribution is 2.37. The van der Waals surface area contributed by atoms with Gasteiger partial charge >= 0.3 is 0 Å². The zero-order valence-electron chi connectivity index (χ0n) is 14.7. The van der Waals surface area contributed by atoms with Gasteiger partial charge in [-0.2, -0.15) is 0 Å². The summed E-state index contributed by atoms with van der Waals surface area (Å²) in [6.07, 6.45) is 3.69. The summed E-state index contributed by atoms with van der Waals surface area (Å²) in [6, 6.07) is 13.5. The first-order valence-electron chi connectivity index (χ1n) is 9.12. The Morgan fingerprint density at radius 3 is 2.56 bits per heavy atom. The van der Waals surface area contributed by atoms with Crippen molar-refractivity contribution >= 4 is 23.0 Å². The predicted molar refractivity (Wildman–Crippen MR) is 102 cm³/mol. The molecule has 0 aromatic heterocycles. The summed E-state index contributed by atoms with van der Waals surface area (Å²) in [5.74, 6) is -0.256. The Morgan fingerprint density at radius 2 is 1.81 bits per heavy atom. The van der Waals surface area contributed by atoms with Gasteiger partial charge in [0.25, 0.3) is 0 Å². The lowest BCUT2D eigenvalue weighted by atomic mass is 9.78. The first kappa shape index (κ1) is 18.2. The lowest BCUT2D eigenvalue weighted by Crippen LogP contribution is -2.41. The number of allylic oxidation sites excluding steroid dienone is 1. The number of ketones is 1. The van der Waals surface area contributed by atoms with Crippen LogP contribution in [0.25, 0.3) is 5.57 Å². The van der Waals surface area contributed by atoms with Gasteiger partial charge in [0, 0.05) is 11.4 Å². The molecule has 2 aromatic carbocycles. The molecule has 0 amide bonds. The fourth-order valence-corrected chi connectivity index (χ4v) is 3.87. The van der Waals surface area contributed by atoms with E-state index in [1.165, 1.54) is 12.1 Å². The summed E-state index contributed by atoms with van der Waals surface area (Å²) in [4.78, 5) is 12.9. The van der Waals surface area contributed by atoms with Crippen LogP contribution >= 0.6 is 11.6 Å². The van der Waals surface area contributed by atoms with Crippen LogP contribution < -0.4 is 0 Å². The number of hydrogen-bond donors (Lipinski definition) is 0. The Labute approximate surface area is 162 Å². The molecular formula is C22H20ClFO3. The quantitative estimate of drug-likeness (QED) is 0.726. The Morgan fingerprint density at radius 1 is 1.07 bits per heavy atom. The van der Waals surface area contributed by atoms with Crippen molar-refractivity contribution in [1.82, 2.24) is 0 Å². The number of hydrogen-bond acceptors (Lipinski definition) is 3. The van der Waals surface area contributed by atoms with E-state index in [1.807, 2.05) is 12.1 Å². The zero-order chi connectivity index (χ0) is 18.8. The van der Waals surface area contributed by atoms with E-state index < -0.39 is 0 Å². The summed E-state index contributed by atoms with van der Waals surface area (Å²) in [5.41, 5.74) is 2.38. The zero-order valence-corrected chi connectivity index (χ0v) is 15.5. The number of fused-ring (bicyclic) bond motifs is 1. The monoisotopic (exact) mass is 386 g/mol. The van der Waals surface area contributed by atoms with Gasteiger partial charge in [0.2, 0.25) is 0 Å². The molecule has 2 aromatic rings. The molecule has 1 heterocycles. The average Bonchev–Trinajstić information content (AvgIpc) is 2.69. The summed E-state index contributed by atoms with van der Waals surface area (Å²) in [6.45, 7) is 0.433. The first-order chi connectivity index (χ1) is 13.1. The molecule has 0 bridgehead atoms. The third-order valence-corrected chi connectivity index (χ3v) is 5.51. The van der Waals surface area contributed by atoms with E-state index in [-0.39, 0.29) is 29.7 Å². The molecule has 27 heavy (non-hydrogen) atoms. The van der Waals surface area contributed by atoms with Crippen LogP contribution in [-0.2, 0) is 20.9 Å². The van der Waals surface area contributed by atoms with Crippen molar-refractivity contribution in [3.63, 3.8) is 0 Å². The van der Waals surface area contributed by atoms with Gasteiger partial charge in [-0.15, -0.1) is 0 Å². The third kappa shape index (κ3) is 4.07. The predicted octanol–water partition coefficient (Wildman–Crippen LogP) is 5.17. The number of carbonyl (C=O) groups excluding carboxylic acids is 1. The van der Waals surface area contributed by atoms with E-state index in [1.54, 1.807) is 30.5 Å². The molecule has 0 N–H and O–H groups in total. The molecule has 2 aliphatic rings. The summed E-state index contributed by atoms with van der Waals surface area (Å²) < 4.78 is 24.8. The molecule has 0 radical (unpaired) electrons. The van der Waals surface area contributed by atoms with Crippen molar-refractivity contribution in [3.05, 3.63) is 76.8 Å². The highest BCUT2D eigenvalue weighted by Gasteiger charge is 2.40. The van der Waals surface area contributed by atoms with Gasteiger partial charge in [-0.3, -0.25) is 4.79 Å². The van der Waals surface area contributed by atoms with Crippen molar-refractivity contribution in [2.75, 3.05) is 0 Å². The number of halogens is 2. The molecular weight excluding hydrogens is 367 g/mol. The van der Waals surface area contributed by atoms with Crippen molar-refractivity contribution in [2.45, 2.75) is 38.1 Å². The maximum absolute atomic E-state index is 13.0. The Balaban J connectivity index is 1.39. The first-order valence-corrected chi connectivity index (χ1v) is 9.50. The van der Waals surface area contributed by atoms with Crippen LogP contribution in [0.3, 0.4) is 0 Å². The van der Waals surface area contributed by atoms with Gasteiger partial charge in [0.05, 0.1) is 30.5 Å². The topological polar surface area (TPSA) is 35.5 Å². The van der Waals surface area contributed by atoms with Gasteiger partial charge in [-0.25, -0.2) is 4.39 Å². The highest BCUT2D eigenvalue weighted by molar-refractivity contribution is 6.30. The van der Waals surface area contributed by atoms with Crippen LogP contribution in [-0.4, -0.2) is 18.0 Å². The van der Waals surface area contributed by atoms with Crippen molar-refractivity contribution < 1.29 is 18.7 Å². The standard InChI is InChI=1S/C22H20ClFO3/c23-16-5-3-15(4-6-16)20-13-27-21-11-18(9-10-19(21)22(20)25)26-12-14-1-7-17(24)8-2-14/h1-8,13,18-19,21H,9-12H2. The fourth-order valence-electron chi connectivity index (χ4n) is 3.74. The highest BCUT2D eigenvalue weighted by atomic mass is 35.5. The molecule has 4 rings (SSSR count). The van der Waals surface area contributed by atoms with E-state index in [0.29, 0.717) is 23.6 Å². The Bertz CT molecular complexity index is 845. The number of ether oxygens (including phenoxy) is 2. The van der Waals surface area contributed by atoms with Crippen LogP contribution in [0.5, 0.6) is 0 Å². The minimum atomic E-state index is -0.253. The third-order valence-electron chi connectivity index (χ3n) is 5.26. The molecule has 5 heteroatoms. The normalized spacial score (nSPS) is 24.7. The van der Waals surface area contributed by atoms with E-state index in [2.05, 4.69) is 0 Å². The van der Waals surface area contributed by atoms with E-state index in [9.17, 15) is 9.18 Å². The number of Topliss-reactive ketones (excluding diaryl/α,β-unsaturated/α-hetero) is 1. The second-order valence-electron chi connectivity index (χ2n) is 7.06. The van der Waals surface area contributed by atoms with Crippen LogP contribution in [0.4, 0.5) is 4.39 Å². The van der Waals surface area contributed by atoms with Gasteiger partial charge in [-0.1, -0.05) is 35.9 Å². The maximum Gasteiger partial charge on any atom is 0.173 e. The molecule has 1 saturated carbocycles. The van der Waals surface area contributed by atoms with Crippen molar-refractivity contribution in [2.24, 2.45) is 5.92 Å². The average molecular weight is 387 g/mol. The van der Waals surface area contributed by atoms with Gasteiger partial charge in [0.15, 0.2) is 5.78 Å². The SMILES string of the molecule is O=C1C(c2ccc(Cl)cc2)=COC2CC(OCc3ccc(F)cc3)CCC12. The number of benzene rings is 2. The second-order valence-corrected chi connectivity index (χ2v) is 7.49. The summed E-state index contributed by atoms with van der Waals surface area (Å²) >= 11 is 5.93. The van der Waals surface area contributed by atoms with E-state index in [0.717, 1.165) is 24.0 Å². The van der Waals surface area contributed by atoms with Crippen LogP contribution in [0, 0.1) is 11.7 Å². The van der Waals surface area contributed by atoms with Crippen LogP contribution in [0.15, 0.2) is 54.8 Å². The summed E-state index contributed by atoms with van der Waals surface area (Å²) in [5, 5.41) is 0.639. The smallest absolute Gasteiger partial charge is 0.173 e. The molecule has 0 spiro atoms. The molecule has 140 valence electrons. The van der Waals surface area contributed by atoms with Gasteiger partial charge < -0.3 is 9.47 Å². The molecule has 3 nitrogen and oxygen atoms in total. The number of carbonyl (C=O) groups is 1. The molecule has 3 unspecified atom stereocenters. The minimum Gasteiger partial charge on any atom is -0.496 e. The second kappa shape index (κ2) is 7.83. The van der Waals surface area contributed by atoms with Gasteiger partial charge in [-0.05, 0) is 48.2 Å². The number of rotatable bonds is 4. The molecule has 1 aliphatic heterocycles. The Kier molecular flexibility index (Phi) is 5.28. The van der Waals surface area contributed by atoms with Crippen molar-refractivity contribution in [3.8, 4) is 0 Å². The molecule has 0 saturated heterocycles. The maximum atomic E-state index is 13.0. The molecule has 3 atom stereocenters. The van der Waals surface area contributed by atoms with E-state index >= 15 is 0 Å². The molecule has 1 fully saturated rings. The van der Waals surface area contributed by atoms with Crippen LogP contribution in [0.2, 0.25) is 5.02 Å². The molecule has 1 aliphatic carbocycles. The van der Waals surface area contributed by atoms with E-state index in [4.69, 9.17) is 21.1 Å². The largest absolute Gasteiger partial charge is 0.496 e. The van der Waals surface area contributed by atoms with Crippen molar-refractivity contribution in [1.29, 1.82) is 0 Å². The lowest BCUT2D eigenvalue weighted by molar-refractivity contribution is -0.128.